The lowest BCUT2D eigenvalue weighted by Crippen LogP contribution is -2.32. The molecule has 0 bridgehead atoms. The summed E-state index contributed by atoms with van der Waals surface area (Å²) in [4.78, 5) is 25.3. The molecule has 0 spiro atoms. The van der Waals surface area contributed by atoms with E-state index in [2.05, 4.69) is 6.92 Å². The normalized spacial score (nSPS) is 23.2. The van der Waals surface area contributed by atoms with Crippen LogP contribution in [0.25, 0.3) is 0 Å². The van der Waals surface area contributed by atoms with Gasteiger partial charge in [-0.05, 0) is 12.3 Å². The van der Waals surface area contributed by atoms with E-state index in [4.69, 9.17) is 14.2 Å². The van der Waals surface area contributed by atoms with Crippen molar-refractivity contribution in [3.8, 4) is 0 Å². The maximum Gasteiger partial charge on any atom is 0.332 e. The zero-order valence-electron chi connectivity index (χ0n) is 14.1. The molecule has 6 heteroatoms. The summed E-state index contributed by atoms with van der Waals surface area (Å²) in [5.41, 5.74) is 0.782. The van der Waals surface area contributed by atoms with Crippen molar-refractivity contribution in [3.05, 3.63) is 11.8 Å². The Morgan fingerprint density at radius 3 is 2.50 bits per heavy atom. The van der Waals surface area contributed by atoms with Gasteiger partial charge in [-0.15, -0.1) is 0 Å². The van der Waals surface area contributed by atoms with Crippen LogP contribution in [0.3, 0.4) is 0 Å². The first-order valence-corrected chi connectivity index (χ1v) is 7.73. The zero-order chi connectivity index (χ0) is 16.7. The second kappa shape index (κ2) is 8.78. The molecule has 22 heavy (non-hydrogen) atoms. The van der Waals surface area contributed by atoms with Crippen LogP contribution < -0.4 is 0 Å². The minimum absolute atomic E-state index is 0.141. The summed E-state index contributed by atoms with van der Waals surface area (Å²) in [5, 5.41) is 0. The van der Waals surface area contributed by atoms with E-state index < -0.39 is 12.2 Å². The van der Waals surface area contributed by atoms with Crippen LogP contribution in [0, 0.1) is 5.92 Å². The van der Waals surface area contributed by atoms with E-state index in [9.17, 15) is 9.59 Å². The molecule has 0 amide bonds. The molecule has 1 aliphatic rings. The van der Waals surface area contributed by atoms with Crippen LogP contribution in [0.2, 0.25) is 0 Å². The fourth-order valence-corrected chi connectivity index (χ4v) is 2.47. The third-order valence-corrected chi connectivity index (χ3v) is 3.67. The highest BCUT2D eigenvalue weighted by molar-refractivity contribution is 5.82. The Balaban J connectivity index is 3.05. The van der Waals surface area contributed by atoms with Crippen LogP contribution in [-0.4, -0.2) is 49.9 Å². The molecule has 1 saturated heterocycles. The number of hydrogen-bond acceptors (Lipinski definition) is 6. The Labute approximate surface area is 132 Å². The van der Waals surface area contributed by atoms with E-state index in [0.717, 1.165) is 25.1 Å². The molecule has 0 N–H and O–H groups in total. The Hall–Kier alpha value is -1.56. The van der Waals surface area contributed by atoms with Gasteiger partial charge >= 0.3 is 11.9 Å². The maximum absolute atomic E-state index is 11.7. The predicted molar refractivity (Wildman–Crippen MR) is 81.8 cm³/mol. The topological polar surface area (TPSA) is 65.1 Å². The van der Waals surface area contributed by atoms with Gasteiger partial charge in [-0.2, -0.15) is 0 Å². The standard InChI is InChI=1S/C16H27NO5/c1-6-7-8-17-12(9-14(18)20-4)16(11(2)3)22-13(17)10-15(19)21-5/h9,11,13,16H,6-8,10H2,1-5H3/b12-9+. The molecule has 1 aliphatic heterocycles. The maximum atomic E-state index is 11.7. The first-order chi connectivity index (χ1) is 10.4. The van der Waals surface area contributed by atoms with Crippen LogP contribution in [0.5, 0.6) is 0 Å². The average Bonchev–Trinajstić information content (AvgIpc) is 2.82. The first-order valence-electron chi connectivity index (χ1n) is 7.73. The highest BCUT2D eigenvalue weighted by Gasteiger charge is 2.39. The van der Waals surface area contributed by atoms with Crippen molar-refractivity contribution in [1.29, 1.82) is 0 Å². The largest absolute Gasteiger partial charge is 0.469 e. The molecule has 1 fully saturated rings. The summed E-state index contributed by atoms with van der Waals surface area (Å²) in [6.07, 6.45) is 2.94. The van der Waals surface area contributed by atoms with E-state index in [1.807, 2.05) is 18.7 Å². The Morgan fingerprint density at radius 1 is 1.32 bits per heavy atom. The fraction of sp³-hybridized carbons (Fsp3) is 0.750. The third-order valence-electron chi connectivity index (χ3n) is 3.67. The van der Waals surface area contributed by atoms with Crippen molar-refractivity contribution in [3.63, 3.8) is 0 Å². The van der Waals surface area contributed by atoms with Gasteiger partial charge < -0.3 is 19.1 Å². The van der Waals surface area contributed by atoms with E-state index in [1.54, 1.807) is 0 Å². The summed E-state index contributed by atoms with van der Waals surface area (Å²) < 4.78 is 15.5. The molecule has 1 rings (SSSR count). The van der Waals surface area contributed by atoms with Gasteiger partial charge in [-0.25, -0.2) is 4.79 Å². The molecule has 126 valence electrons. The van der Waals surface area contributed by atoms with Gasteiger partial charge in [0.25, 0.3) is 0 Å². The number of rotatable bonds is 7. The van der Waals surface area contributed by atoms with Crippen LogP contribution in [0.4, 0.5) is 0 Å². The molecule has 6 nitrogen and oxygen atoms in total. The Morgan fingerprint density at radius 2 is 2.00 bits per heavy atom. The van der Waals surface area contributed by atoms with E-state index in [0.29, 0.717) is 0 Å². The monoisotopic (exact) mass is 313 g/mol. The number of carbonyl (C=O) groups excluding carboxylic acids is 2. The molecule has 1 heterocycles. The van der Waals surface area contributed by atoms with Gasteiger partial charge in [0.2, 0.25) is 0 Å². The van der Waals surface area contributed by atoms with Crippen molar-refractivity contribution < 1.29 is 23.8 Å². The van der Waals surface area contributed by atoms with Crippen LogP contribution in [0.15, 0.2) is 11.8 Å². The molecule has 0 saturated carbocycles. The summed E-state index contributed by atoms with van der Waals surface area (Å²) in [7, 11) is 2.71. The van der Waals surface area contributed by atoms with Crippen molar-refractivity contribution in [2.24, 2.45) is 5.92 Å². The average molecular weight is 313 g/mol. The Bertz CT molecular complexity index is 419. The van der Waals surface area contributed by atoms with Gasteiger partial charge in [-0.3, -0.25) is 4.79 Å². The molecule has 0 aliphatic carbocycles. The highest BCUT2D eigenvalue weighted by atomic mass is 16.5. The van der Waals surface area contributed by atoms with Crippen LogP contribution in [0.1, 0.15) is 40.0 Å². The molecule has 0 aromatic carbocycles. The molecule has 0 aromatic heterocycles. The Kier molecular flexibility index (Phi) is 7.38. The summed E-state index contributed by atoms with van der Waals surface area (Å²) in [6, 6.07) is 0. The number of nitrogens with zero attached hydrogens (tertiary/aromatic N) is 1. The lowest BCUT2D eigenvalue weighted by Gasteiger charge is -2.25. The van der Waals surface area contributed by atoms with E-state index >= 15 is 0 Å². The number of hydrogen-bond donors (Lipinski definition) is 0. The van der Waals surface area contributed by atoms with E-state index in [-0.39, 0.29) is 24.4 Å². The van der Waals surface area contributed by atoms with Crippen LogP contribution in [-0.2, 0) is 23.8 Å². The fourth-order valence-electron chi connectivity index (χ4n) is 2.47. The lowest BCUT2D eigenvalue weighted by atomic mass is 10.0. The SMILES string of the molecule is CCCCN1/C(=C/C(=O)OC)C(C(C)C)OC1CC(=O)OC. The lowest BCUT2D eigenvalue weighted by molar-refractivity contribution is -0.146. The van der Waals surface area contributed by atoms with Gasteiger partial charge in [0.05, 0.1) is 26.3 Å². The van der Waals surface area contributed by atoms with Crippen molar-refractivity contribution in [2.45, 2.75) is 52.4 Å². The molecule has 0 aromatic rings. The number of esters is 2. The van der Waals surface area contributed by atoms with Crippen molar-refractivity contribution in [1.82, 2.24) is 4.90 Å². The number of ether oxygens (including phenoxy) is 3. The van der Waals surface area contributed by atoms with Crippen molar-refractivity contribution >= 4 is 11.9 Å². The molecule has 2 unspecified atom stereocenters. The zero-order valence-corrected chi connectivity index (χ0v) is 14.1. The highest BCUT2D eigenvalue weighted by Crippen LogP contribution is 2.33. The molecule has 0 radical (unpaired) electrons. The predicted octanol–water partition coefficient (Wildman–Crippen LogP) is 2.09. The van der Waals surface area contributed by atoms with Gasteiger partial charge in [0.15, 0.2) is 0 Å². The summed E-state index contributed by atoms with van der Waals surface area (Å²) >= 11 is 0. The smallest absolute Gasteiger partial charge is 0.332 e. The quantitative estimate of drug-likeness (QED) is 0.530. The van der Waals surface area contributed by atoms with E-state index in [1.165, 1.54) is 20.3 Å². The van der Waals surface area contributed by atoms with Crippen LogP contribution >= 0.6 is 0 Å². The molecular formula is C16H27NO5. The number of methoxy groups -OCH3 is 2. The molecule has 2 atom stereocenters. The van der Waals surface area contributed by atoms with Gasteiger partial charge in [-0.1, -0.05) is 27.2 Å². The molecular weight excluding hydrogens is 286 g/mol. The van der Waals surface area contributed by atoms with Crippen molar-refractivity contribution in [2.75, 3.05) is 20.8 Å². The van der Waals surface area contributed by atoms with Gasteiger partial charge in [0, 0.05) is 12.6 Å². The minimum Gasteiger partial charge on any atom is -0.469 e. The number of carbonyl (C=O) groups is 2. The summed E-state index contributed by atoms with van der Waals surface area (Å²) in [6.45, 7) is 6.86. The number of unbranched alkanes of at least 4 members (excludes halogenated alkanes) is 1. The first kappa shape index (κ1) is 18.5. The second-order valence-corrected chi connectivity index (χ2v) is 5.67. The summed E-state index contributed by atoms with van der Waals surface area (Å²) in [5.74, 6) is -0.555. The third kappa shape index (κ3) is 4.73. The second-order valence-electron chi connectivity index (χ2n) is 5.67. The minimum atomic E-state index is -0.413. The van der Waals surface area contributed by atoms with Gasteiger partial charge in [0.1, 0.15) is 12.3 Å².